The number of fused-ring (bicyclic) bond motifs is 2. The lowest BCUT2D eigenvalue weighted by Gasteiger charge is -2.46. The van der Waals surface area contributed by atoms with Gasteiger partial charge >= 0.3 is 0 Å². The van der Waals surface area contributed by atoms with Crippen LogP contribution in [0.4, 0.5) is 8.78 Å². The molecule has 2 aliphatic heterocycles. The molecular formula is C25H16F2N2O5S. The van der Waals surface area contributed by atoms with Crippen molar-refractivity contribution in [2.75, 3.05) is 12.8 Å². The summed E-state index contributed by atoms with van der Waals surface area (Å²) in [5, 5.41) is 0. The molecule has 1 saturated heterocycles. The second kappa shape index (κ2) is 7.47. The summed E-state index contributed by atoms with van der Waals surface area (Å²) in [6.45, 7) is 0.243. The van der Waals surface area contributed by atoms with E-state index in [2.05, 4.69) is 4.98 Å². The van der Waals surface area contributed by atoms with Crippen molar-refractivity contribution in [3.63, 3.8) is 0 Å². The first-order chi connectivity index (χ1) is 16.7. The highest BCUT2D eigenvalue weighted by molar-refractivity contribution is 7.90. The first kappa shape index (κ1) is 21.5. The van der Waals surface area contributed by atoms with Gasteiger partial charge in [0.1, 0.15) is 34.7 Å². The summed E-state index contributed by atoms with van der Waals surface area (Å²) >= 11 is 0. The van der Waals surface area contributed by atoms with Crippen molar-refractivity contribution in [2.24, 2.45) is 0 Å². The van der Waals surface area contributed by atoms with Crippen LogP contribution in [0.1, 0.15) is 10.4 Å². The standard InChI is InChI=1S/C25H16F2N2O5S/c1-35(31,32)14-4-2-13(3-5-14)20-10-18-24(34-20)16(8-9-28-18)15-6-7-17(26)22(23(15)27)25(30)29-11-21-19(29)12-33-21/h2-10,12,21H,11H2,1H3. The largest absolute Gasteiger partial charge is 0.488 e. The summed E-state index contributed by atoms with van der Waals surface area (Å²) < 4.78 is 64.7. The summed E-state index contributed by atoms with van der Waals surface area (Å²) in [5.74, 6) is -2.34. The molecule has 2 aromatic heterocycles. The maximum Gasteiger partial charge on any atom is 0.264 e. The number of carbonyl (C=O) groups is 1. The molecule has 35 heavy (non-hydrogen) atoms. The summed E-state index contributed by atoms with van der Waals surface area (Å²) in [6.07, 6.45) is 3.78. The Morgan fingerprint density at radius 2 is 1.86 bits per heavy atom. The van der Waals surface area contributed by atoms with Crippen LogP contribution in [0.3, 0.4) is 0 Å². The smallest absolute Gasteiger partial charge is 0.264 e. The van der Waals surface area contributed by atoms with E-state index in [-0.39, 0.29) is 28.7 Å². The van der Waals surface area contributed by atoms with E-state index in [4.69, 9.17) is 9.15 Å². The zero-order chi connectivity index (χ0) is 24.5. The Hall–Kier alpha value is -4.05. The second-order valence-corrected chi connectivity index (χ2v) is 10.4. The van der Waals surface area contributed by atoms with Crippen LogP contribution in [0.25, 0.3) is 33.6 Å². The number of hydrogen-bond donors (Lipinski definition) is 0. The molecule has 1 fully saturated rings. The maximum absolute atomic E-state index is 15.6. The number of benzene rings is 2. The van der Waals surface area contributed by atoms with Crippen molar-refractivity contribution in [1.29, 1.82) is 0 Å². The summed E-state index contributed by atoms with van der Waals surface area (Å²) in [4.78, 5) is 18.6. The lowest BCUT2D eigenvalue weighted by atomic mass is 9.98. The Bertz CT molecular complexity index is 1680. The van der Waals surface area contributed by atoms with Crippen LogP contribution in [0.5, 0.6) is 0 Å². The van der Waals surface area contributed by atoms with Gasteiger partial charge in [0.25, 0.3) is 5.91 Å². The van der Waals surface area contributed by atoms with Crippen LogP contribution in [-0.2, 0) is 14.6 Å². The molecule has 176 valence electrons. The van der Waals surface area contributed by atoms with Crippen LogP contribution in [0.15, 0.2) is 76.0 Å². The van der Waals surface area contributed by atoms with E-state index in [0.29, 0.717) is 28.1 Å². The SMILES string of the molecule is CS(=O)(=O)c1ccc(-c2cc3nccc(-c4ccc(F)c(C(=O)N5CC6OC=C65)c4F)c3o2)cc1. The number of pyridine rings is 1. The van der Waals surface area contributed by atoms with Crippen LogP contribution >= 0.6 is 0 Å². The Labute approximate surface area is 198 Å². The zero-order valence-electron chi connectivity index (χ0n) is 18.2. The van der Waals surface area contributed by atoms with Gasteiger partial charge in [-0.25, -0.2) is 17.2 Å². The number of amides is 1. The maximum atomic E-state index is 15.6. The van der Waals surface area contributed by atoms with Gasteiger partial charge in [-0.15, -0.1) is 0 Å². The molecule has 0 spiro atoms. The van der Waals surface area contributed by atoms with Crippen molar-refractivity contribution in [1.82, 2.24) is 9.88 Å². The van der Waals surface area contributed by atoms with Crippen molar-refractivity contribution >= 4 is 26.8 Å². The third-order valence-electron chi connectivity index (χ3n) is 6.16. The number of furan rings is 1. The molecule has 0 bridgehead atoms. The van der Waals surface area contributed by atoms with Gasteiger partial charge in [0.2, 0.25) is 0 Å². The number of hydrogen-bond acceptors (Lipinski definition) is 6. The molecule has 0 saturated carbocycles. The second-order valence-electron chi connectivity index (χ2n) is 8.35. The van der Waals surface area contributed by atoms with E-state index in [9.17, 15) is 17.6 Å². The minimum absolute atomic E-state index is 0.00798. The molecule has 4 aromatic rings. The molecule has 1 atom stereocenters. The van der Waals surface area contributed by atoms with Crippen LogP contribution in [0, 0.1) is 11.6 Å². The number of halogens is 2. The predicted molar refractivity (Wildman–Crippen MR) is 122 cm³/mol. The number of nitrogens with zero attached hydrogens (tertiary/aromatic N) is 2. The van der Waals surface area contributed by atoms with Crippen LogP contribution < -0.4 is 0 Å². The van der Waals surface area contributed by atoms with E-state index in [1.54, 1.807) is 18.2 Å². The molecule has 6 rings (SSSR count). The van der Waals surface area contributed by atoms with Gasteiger partial charge in [-0.1, -0.05) is 0 Å². The molecule has 0 aliphatic carbocycles. The van der Waals surface area contributed by atoms with Gasteiger partial charge in [0, 0.05) is 35.2 Å². The Morgan fingerprint density at radius 3 is 2.49 bits per heavy atom. The number of aromatic nitrogens is 1. The highest BCUT2D eigenvalue weighted by atomic mass is 32.2. The van der Waals surface area contributed by atoms with Gasteiger partial charge in [-0.05, 0) is 42.5 Å². The first-order valence-corrected chi connectivity index (χ1v) is 12.5. The fourth-order valence-corrected chi connectivity index (χ4v) is 4.84. The van der Waals surface area contributed by atoms with Gasteiger partial charge < -0.3 is 14.1 Å². The summed E-state index contributed by atoms with van der Waals surface area (Å²) in [5.41, 5.74) is 1.51. The topological polar surface area (TPSA) is 89.7 Å². The highest BCUT2D eigenvalue weighted by Crippen LogP contribution is 2.38. The Morgan fingerprint density at radius 1 is 1.09 bits per heavy atom. The molecule has 1 unspecified atom stereocenters. The summed E-state index contributed by atoms with van der Waals surface area (Å²) in [6, 6.07) is 11.6. The van der Waals surface area contributed by atoms with Crippen LogP contribution in [0.2, 0.25) is 0 Å². The van der Waals surface area contributed by atoms with Gasteiger partial charge in [-0.3, -0.25) is 9.78 Å². The number of rotatable bonds is 4. The molecule has 1 amide bonds. The summed E-state index contributed by atoms with van der Waals surface area (Å²) in [7, 11) is -3.35. The minimum atomic E-state index is -3.35. The molecule has 10 heteroatoms. The molecular weight excluding hydrogens is 478 g/mol. The van der Waals surface area contributed by atoms with E-state index < -0.39 is 32.9 Å². The molecule has 0 N–H and O–H groups in total. The first-order valence-electron chi connectivity index (χ1n) is 10.6. The van der Waals surface area contributed by atoms with Crippen molar-refractivity contribution in [3.05, 3.63) is 83.9 Å². The number of carbonyl (C=O) groups excluding carboxylic acids is 1. The molecule has 4 heterocycles. The fourth-order valence-electron chi connectivity index (χ4n) is 4.21. The van der Waals surface area contributed by atoms with Crippen molar-refractivity contribution in [3.8, 4) is 22.5 Å². The normalized spacial score (nSPS) is 16.7. The lowest BCUT2D eigenvalue weighted by molar-refractivity contribution is -0.0104. The quantitative estimate of drug-likeness (QED) is 0.414. The number of likely N-dealkylation sites (tertiary alicyclic amines) is 1. The monoisotopic (exact) mass is 494 g/mol. The molecule has 0 radical (unpaired) electrons. The lowest BCUT2D eigenvalue weighted by Crippen LogP contribution is -2.56. The Balaban J connectivity index is 1.43. The number of sulfone groups is 1. The predicted octanol–water partition coefficient (Wildman–Crippen LogP) is 4.54. The average molecular weight is 494 g/mol. The zero-order valence-corrected chi connectivity index (χ0v) is 19.0. The van der Waals surface area contributed by atoms with E-state index in [0.717, 1.165) is 12.3 Å². The average Bonchev–Trinajstić information content (AvgIpc) is 3.25. The molecule has 2 aliphatic rings. The van der Waals surface area contributed by atoms with E-state index >= 15 is 4.39 Å². The van der Waals surface area contributed by atoms with E-state index in [1.165, 1.54) is 41.6 Å². The number of ether oxygens (including phenoxy) is 1. The van der Waals surface area contributed by atoms with Gasteiger partial charge in [0.15, 0.2) is 21.5 Å². The van der Waals surface area contributed by atoms with Gasteiger partial charge in [-0.2, -0.15) is 0 Å². The van der Waals surface area contributed by atoms with Gasteiger partial charge in [0.05, 0.1) is 17.1 Å². The molecule has 2 aromatic carbocycles. The van der Waals surface area contributed by atoms with E-state index in [1.807, 2.05) is 0 Å². The van der Waals surface area contributed by atoms with Crippen LogP contribution in [-0.4, -0.2) is 43.1 Å². The van der Waals surface area contributed by atoms with Crippen molar-refractivity contribution < 1.29 is 31.1 Å². The third kappa shape index (κ3) is 3.32. The minimum Gasteiger partial charge on any atom is -0.488 e. The molecule has 7 nitrogen and oxygen atoms in total. The third-order valence-corrected chi connectivity index (χ3v) is 7.29. The van der Waals surface area contributed by atoms with Crippen molar-refractivity contribution in [2.45, 2.75) is 11.0 Å². The Kier molecular flexibility index (Phi) is 4.59. The fraction of sp³-hybridized carbons (Fsp3) is 0.120. The highest BCUT2D eigenvalue weighted by Gasteiger charge is 2.45.